The number of thioether (sulfide) groups is 1. The van der Waals surface area contributed by atoms with Crippen LogP contribution in [0.2, 0.25) is 0 Å². The Morgan fingerprint density at radius 1 is 1.44 bits per heavy atom. The van der Waals surface area contributed by atoms with E-state index in [1.807, 2.05) is 6.26 Å². The molecule has 2 aromatic heterocycles. The number of hydrogen-bond acceptors (Lipinski definition) is 8. The predicted molar refractivity (Wildman–Crippen MR) is 71.4 cm³/mol. The Balaban J connectivity index is 2.24. The van der Waals surface area contributed by atoms with Gasteiger partial charge >= 0.3 is 5.97 Å². The smallest absolute Gasteiger partial charge is 0.337 e. The van der Waals surface area contributed by atoms with E-state index in [2.05, 4.69) is 15.2 Å². The number of anilines is 1. The molecule has 6 nitrogen and oxygen atoms in total. The Kier molecular flexibility index (Phi) is 4.04. The SMILES string of the molecule is CSc1nnc(Sc2cc(C(=O)O)c(N)cn2)s1. The lowest BCUT2D eigenvalue weighted by Crippen LogP contribution is -2.03. The van der Waals surface area contributed by atoms with Gasteiger partial charge in [-0.15, -0.1) is 10.2 Å². The molecular formula is C9H8N4O2S3. The molecule has 0 aliphatic carbocycles. The Labute approximate surface area is 115 Å². The average molecular weight is 300 g/mol. The first-order chi connectivity index (χ1) is 8.60. The van der Waals surface area contributed by atoms with Gasteiger partial charge in [-0.3, -0.25) is 0 Å². The van der Waals surface area contributed by atoms with E-state index in [1.54, 1.807) is 0 Å². The molecule has 0 aromatic carbocycles. The second-order valence-corrected chi connectivity index (χ2v) is 6.35. The third-order valence-corrected chi connectivity index (χ3v) is 4.78. The fourth-order valence-corrected chi connectivity index (χ4v) is 3.46. The Morgan fingerprint density at radius 3 is 2.78 bits per heavy atom. The van der Waals surface area contributed by atoms with E-state index in [9.17, 15) is 4.79 Å². The topological polar surface area (TPSA) is 102 Å². The van der Waals surface area contributed by atoms with Crippen LogP contribution in [0.15, 0.2) is 26.0 Å². The van der Waals surface area contributed by atoms with Crippen LogP contribution in [0.5, 0.6) is 0 Å². The summed E-state index contributed by atoms with van der Waals surface area (Å²) in [6, 6.07) is 1.43. The van der Waals surface area contributed by atoms with Gasteiger partial charge in [0.15, 0.2) is 8.68 Å². The number of carbonyl (C=O) groups is 1. The molecule has 0 bridgehead atoms. The van der Waals surface area contributed by atoms with E-state index in [0.717, 1.165) is 4.34 Å². The molecule has 9 heteroatoms. The zero-order valence-electron chi connectivity index (χ0n) is 9.15. The summed E-state index contributed by atoms with van der Waals surface area (Å²) < 4.78 is 1.57. The Morgan fingerprint density at radius 2 is 2.17 bits per heavy atom. The number of nitrogen functional groups attached to an aromatic ring is 1. The maximum Gasteiger partial charge on any atom is 0.337 e. The molecule has 2 heterocycles. The molecule has 0 unspecified atom stereocenters. The third kappa shape index (κ3) is 2.92. The van der Waals surface area contributed by atoms with Gasteiger partial charge in [0, 0.05) is 0 Å². The highest BCUT2D eigenvalue weighted by Gasteiger charge is 2.12. The van der Waals surface area contributed by atoms with Crippen molar-refractivity contribution in [1.82, 2.24) is 15.2 Å². The molecule has 0 saturated heterocycles. The minimum absolute atomic E-state index is 0.0436. The van der Waals surface area contributed by atoms with E-state index >= 15 is 0 Å². The molecule has 94 valence electrons. The lowest BCUT2D eigenvalue weighted by Gasteiger charge is -2.02. The molecule has 0 spiro atoms. The molecule has 0 atom stereocenters. The van der Waals surface area contributed by atoms with Crippen LogP contribution in [-0.4, -0.2) is 32.5 Å². The van der Waals surface area contributed by atoms with Crippen molar-refractivity contribution in [2.75, 3.05) is 12.0 Å². The van der Waals surface area contributed by atoms with Crippen LogP contribution in [0.1, 0.15) is 10.4 Å². The molecule has 0 radical (unpaired) electrons. The summed E-state index contributed by atoms with van der Waals surface area (Å²) >= 11 is 4.20. The summed E-state index contributed by atoms with van der Waals surface area (Å²) in [5.41, 5.74) is 5.72. The van der Waals surface area contributed by atoms with Gasteiger partial charge in [0.2, 0.25) is 0 Å². The minimum Gasteiger partial charge on any atom is -0.478 e. The number of carboxylic acids is 1. The van der Waals surface area contributed by atoms with E-state index < -0.39 is 5.97 Å². The van der Waals surface area contributed by atoms with Gasteiger partial charge < -0.3 is 10.8 Å². The van der Waals surface area contributed by atoms with Crippen LogP contribution in [0.4, 0.5) is 5.69 Å². The number of pyridine rings is 1. The predicted octanol–water partition coefficient (Wildman–Crippen LogP) is 2.09. The fourth-order valence-electron chi connectivity index (χ4n) is 1.10. The number of aromatic nitrogens is 3. The number of nitrogens with zero attached hydrogens (tertiary/aromatic N) is 3. The number of hydrogen-bond donors (Lipinski definition) is 2. The third-order valence-electron chi connectivity index (χ3n) is 1.89. The molecule has 18 heavy (non-hydrogen) atoms. The maximum atomic E-state index is 10.9. The van der Waals surface area contributed by atoms with Crippen LogP contribution in [0.3, 0.4) is 0 Å². The van der Waals surface area contributed by atoms with Gasteiger partial charge in [-0.05, 0) is 24.1 Å². The lowest BCUT2D eigenvalue weighted by molar-refractivity contribution is 0.0697. The van der Waals surface area contributed by atoms with Gasteiger partial charge in [-0.2, -0.15) is 0 Å². The largest absolute Gasteiger partial charge is 0.478 e. The average Bonchev–Trinajstić information content (AvgIpc) is 2.79. The quantitative estimate of drug-likeness (QED) is 0.827. The van der Waals surface area contributed by atoms with Gasteiger partial charge in [0.1, 0.15) is 5.03 Å². The molecule has 0 fully saturated rings. The van der Waals surface area contributed by atoms with Crippen LogP contribution >= 0.6 is 34.9 Å². The second-order valence-electron chi connectivity index (χ2n) is 3.06. The summed E-state index contributed by atoms with van der Waals surface area (Å²) in [6.45, 7) is 0. The van der Waals surface area contributed by atoms with Gasteiger partial charge in [-0.1, -0.05) is 23.1 Å². The highest BCUT2D eigenvalue weighted by atomic mass is 32.2. The van der Waals surface area contributed by atoms with Crippen LogP contribution in [0, 0.1) is 0 Å². The highest BCUT2D eigenvalue weighted by molar-refractivity contribution is 8.02. The first-order valence-electron chi connectivity index (χ1n) is 4.64. The van der Waals surface area contributed by atoms with Crippen molar-refractivity contribution in [1.29, 1.82) is 0 Å². The monoisotopic (exact) mass is 300 g/mol. The van der Waals surface area contributed by atoms with E-state index in [4.69, 9.17) is 10.8 Å². The van der Waals surface area contributed by atoms with Crippen molar-refractivity contribution in [2.24, 2.45) is 0 Å². The minimum atomic E-state index is -1.07. The van der Waals surface area contributed by atoms with Crippen LogP contribution in [-0.2, 0) is 0 Å². The Hall–Kier alpha value is -1.32. The zero-order chi connectivity index (χ0) is 13.1. The van der Waals surface area contributed by atoms with E-state index in [0.29, 0.717) is 9.37 Å². The first-order valence-corrected chi connectivity index (χ1v) is 7.50. The van der Waals surface area contributed by atoms with Crippen LogP contribution in [0.25, 0.3) is 0 Å². The van der Waals surface area contributed by atoms with Crippen molar-refractivity contribution < 1.29 is 9.90 Å². The highest BCUT2D eigenvalue weighted by Crippen LogP contribution is 2.32. The van der Waals surface area contributed by atoms with Gasteiger partial charge in [0.05, 0.1) is 17.4 Å². The van der Waals surface area contributed by atoms with Crippen molar-refractivity contribution in [3.05, 3.63) is 17.8 Å². The van der Waals surface area contributed by atoms with Crippen molar-refractivity contribution in [3.63, 3.8) is 0 Å². The van der Waals surface area contributed by atoms with Crippen molar-refractivity contribution in [3.8, 4) is 0 Å². The summed E-state index contributed by atoms with van der Waals surface area (Å²) in [6.07, 6.45) is 3.25. The number of aromatic carboxylic acids is 1. The maximum absolute atomic E-state index is 10.9. The van der Waals surface area contributed by atoms with Crippen molar-refractivity contribution in [2.45, 2.75) is 13.7 Å². The van der Waals surface area contributed by atoms with Gasteiger partial charge in [0.25, 0.3) is 0 Å². The standard InChI is InChI=1S/C9H8N4O2S3/c1-16-8-12-13-9(18-8)17-6-2-4(7(14)15)5(10)3-11-6/h2-3H,10H2,1H3,(H,14,15). The molecule has 0 amide bonds. The normalized spacial score (nSPS) is 10.5. The molecule has 0 saturated carbocycles. The summed E-state index contributed by atoms with van der Waals surface area (Å²) in [5, 5.41) is 17.4. The second kappa shape index (κ2) is 5.55. The summed E-state index contributed by atoms with van der Waals surface area (Å²) in [5.74, 6) is -1.07. The first kappa shape index (κ1) is 13.1. The summed E-state index contributed by atoms with van der Waals surface area (Å²) in [4.78, 5) is 15.0. The summed E-state index contributed by atoms with van der Waals surface area (Å²) in [7, 11) is 0. The fraction of sp³-hybridized carbons (Fsp3) is 0.111. The number of carboxylic acid groups (broad SMARTS) is 1. The van der Waals surface area contributed by atoms with Gasteiger partial charge in [-0.25, -0.2) is 9.78 Å². The molecule has 3 N–H and O–H groups in total. The molecule has 2 aromatic rings. The zero-order valence-corrected chi connectivity index (χ0v) is 11.6. The van der Waals surface area contributed by atoms with E-state index in [-0.39, 0.29) is 11.3 Å². The molecular weight excluding hydrogens is 292 g/mol. The van der Waals surface area contributed by atoms with Crippen molar-refractivity contribution >= 4 is 46.5 Å². The molecule has 0 aliphatic rings. The van der Waals surface area contributed by atoms with Crippen LogP contribution < -0.4 is 5.73 Å². The molecule has 0 aliphatic heterocycles. The number of nitrogens with two attached hydrogens (primary N) is 1. The Bertz CT molecular complexity index is 587. The number of rotatable bonds is 4. The van der Waals surface area contributed by atoms with E-state index in [1.165, 1.54) is 47.1 Å². The lowest BCUT2D eigenvalue weighted by atomic mass is 10.2. The molecule has 2 rings (SSSR count).